The van der Waals surface area contributed by atoms with Gasteiger partial charge >= 0.3 is 6.18 Å². The lowest BCUT2D eigenvalue weighted by Crippen LogP contribution is -2.45. The van der Waals surface area contributed by atoms with Crippen molar-refractivity contribution < 1.29 is 27.1 Å². The number of hydrogen-bond acceptors (Lipinski definition) is 5. The average Bonchev–Trinajstić information content (AvgIpc) is 3.37. The number of halogens is 6. The first-order valence-corrected chi connectivity index (χ1v) is 12.6. The van der Waals surface area contributed by atoms with Crippen molar-refractivity contribution in [3.05, 3.63) is 58.2 Å². The molecule has 1 fully saturated rings. The first-order valence-electron chi connectivity index (χ1n) is 11.8. The number of piperidine rings is 1. The molecule has 2 atom stereocenters. The summed E-state index contributed by atoms with van der Waals surface area (Å²) in [4.78, 5) is 17.6. The number of hydrogen-bond donors (Lipinski definition) is 1. The van der Waals surface area contributed by atoms with Crippen LogP contribution in [0.1, 0.15) is 44.4 Å². The lowest BCUT2D eigenvalue weighted by molar-refractivity contribution is -0.186. The Hall–Kier alpha value is -3.05. The molecule has 0 radical (unpaired) electrons. The van der Waals surface area contributed by atoms with E-state index in [2.05, 4.69) is 10.1 Å². The number of carbonyl (C=O) groups excluding carboxylic acids is 1. The number of amides is 1. The van der Waals surface area contributed by atoms with Gasteiger partial charge in [0.05, 0.1) is 17.3 Å². The number of benzene rings is 1. The maximum Gasteiger partial charge on any atom is 0.400 e. The van der Waals surface area contributed by atoms with Crippen LogP contribution in [0.3, 0.4) is 0 Å². The zero-order valence-electron chi connectivity index (χ0n) is 20.5. The Bertz CT molecular complexity index is 1330. The summed E-state index contributed by atoms with van der Waals surface area (Å²) in [5.74, 6) is -3.21. The standard InChI is InChI=1S/C25H25Cl2F4N5O2/c1-13(25(29,30)31)24(37)35-7-5-17(6-8-35)36-12-16(11-34-36)15-9-20(23(32)33-10-15)38-14(2)21-18(26)3-4-19(28)22(21)27/h3-4,9-14,17H,5-8H2,1-2H3,(H2,32,33). The number of ether oxygens (including phenoxy) is 1. The van der Waals surface area contributed by atoms with Crippen LogP contribution in [0.25, 0.3) is 11.1 Å². The van der Waals surface area contributed by atoms with Gasteiger partial charge < -0.3 is 15.4 Å². The molecule has 2 aromatic heterocycles. The Labute approximate surface area is 226 Å². The minimum atomic E-state index is -4.56. The lowest BCUT2D eigenvalue weighted by atomic mass is 10.0. The van der Waals surface area contributed by atoms with Gasteiger partial charge in [-0.05, 0) is 44.9 Å². The van der Waals surface area contributed by atoms with Crippen molar-refractivity contribution in [3.8, 4) is 16.9 Å². The van der Waals surface area contributed by atoms with Crippen LogP contribution in [0.4, 0.5) is 23.4 Å². The smallest absolute Gasteiger partial charge is 0.400 e. The molecule has 0 spiro atoms. The number of likely N-dealkylation sites (tertiary alicyclic amines) is 1. The topological polar surface area (TPSA) is 86.3 Å². The van der Waals surface area contributed by atoms with Gasteiger partial charge in [0.15, 0.2) is 11.6 Å². The fourth-order valence-electron chi connectivity index (χ4n) is 4.32. The molecular weight excluding hydrogens is 549 g/mol. The number of rotatable bonds is 6. The molecule has 1 aliphatic rings. The van der Waals surface area contributed by atoms with E-state index in [1.165, 1.54) is 17.0 Å². The molecule has 2 unspecified atom stereocenters. The predicted molar refractivity (Wildman–Crippen MR) is 135 cm³/mol. The number of anilines is 1. The lowest BCUT2D eigenvalue weighted by Gasteiger charge is -2.34. The number of alkyl halides is 3. The van der Waals surface area contributed by atoms with Crippen LogP contribution in [-0.2, 0) is 4.79 Å². The maximum absolute atomic E-state index is 14.0. The number of aromatic nitrogens is 3. The number of carbonyl (C=O) groups is 1. The van der Waals surface area contributed by atoms with Crippen LogP contribution >= 0.6 is 23.2 Å². The summed E-state index contributed by atoms with van der Waals surface area (Å²) in [5.41, 5.74) is 7.64. The minimum Gasteiger partial charge on any atom is -0.482 e. The molecule has 0 bridgehead atoms. The highest BCUT2D eigenvalue weighted by Gasteiger charge is 2.43. The summed E-state index contributed by atoms with van der Waals surface area (Å²) in [6.45, 7) is 2.96. The van der Waals surface area contributed by atoms with Gasteiger partial charge in [0.25, 0.3) is 0 Å². The van der Waals surface area contributed by atoms with E-state index < -0.39 is 29.9 Å². The van der Waals surface area contributed by atoms with E-state index >= 15 is 0 Å². The summed E-state index contributed by atoms with van der Waals surface area (Å²) < 4.78 is 60.4. The molecule has 7 nitrogen and oxygen atoms in total. The molecule has 0 aliphatic carbocycles. The second-order valence-electron chi connectivity index (χ2n) is 9.15. The Morgan fingerprint density at radius 2 is 1.84 bits per heavy atom. The maximum atomic E-state index is 14.0. The Balaban J connectivity index is 1.46. The molecule has 38 heavy (non-hydrogen) atoms. The van der Waals surface area contributed by atoms with E-state index in [4.69, 9.17) is 33.7 Å². The van der Waals surface area contributed by atoms with Gasteiger partial charge in [0.2, 0.25) is 5.91 Å². The molecule has 0 saturated carbocycles. The Kier molecular flexibility index (Phi) is 8.08. The summed E-state index contributed by atoms with van der Waals surface area (Å²) in [7, 11) is 0. The molecule has 2 N–H and O–H groups in total. The zero-order valence-corrected chi connectivity index (χ0v) is 22.0. The van der Waals surface area contributed by atoms with Crippen molar-refractivity contribution in [1.82, 2.24) is 19.7 Å². The van der Waals surface area contributed by atoms with Gasteiger partial charge in [-0.25, -0.2) is 9.37 Å². The van der Waals surface area contributed by atoms with Crippen LogP contribution in [0, 0.1) is 11.7 Å². The van der Waals surface area contributed by atoms with Crippen molar-refractivity contribution in [2.24, 2.45) is 5.92 Å². The monoisotopic (exact) mass is 573 g/mol. The normalized spacial score (nSPS) is 16.4. The van der Waals surface area contributed by atoms with Crippen molar-refractivity contribution in [1.29, 1.82) is 0 Å². The fourth-order valence-corrected chi connectivity index (χ4v) is 5.00. The summed E-state index contributed by atoms with van der Waals surface area (Å²) in [5, 5.41) is 4.51. The molecule has 204 valence electrons. The van der Waals surface area contributed by atoms with Crippen LogP contribution in [-0.4, -0.2) is 44.8 Å². The third-order valence-electron chi connectivity index (χ3n) is 6.62. The Morgan fingerprint density at radius 3 is 2.50 bits per heavy atom. The van der Waals surface area contributed by atoms with E-state index in [0.29, 0.717) is 24.0 Å². The van der Waals surface area contributed by atoms with Gasteiger partial charge in [-0.2, -0.15) is 18.3 Å². The second-order valence-corrected chi connectivity index (χ2v) is 9.94. The summed E-state index contributed by atoms with van der Waals surface area (Å²) in [6.07, 6.45) is 0.618. The van der Waals surface area contributed by atoms with E-state index in [1.807, 2.05) is 0 Å². The first-order chi connectivity index (χ1) is 17.9. The number of nitrogens with zero attached hydrogens (tertiary/aromatic N) is 4. The second kappa shape index (κ2) is 11.0. The molecule has 1 aliphatic heterocycles. The first kappa shape index (κ1) is 28.0. The van der Waals surface area contributed by atoms with Gasteiger partial charge in [0, 0.05) is 47.2 Å². The highest BCUT2D eigenvalue weighted by Crippen LogP contribution is 2.37. The predicted octanol–water partition coefficient (Wildman–Crippen LogP) is 6.48. The van der Waals surface area contributed by atoms with Crippen molar-refractivity contribution in [2.45, 2.75) is 45.0 Å². The molecule has 1 saturated heterocycles. The summed E-state index contributed by atoms with van der Waals surface area (Å²) >= 11 is 12.3. The third kappa shape index (κ3) is 5.83. The molecule has 4 rings (SSSR count). The van der Waals surface area contributed by atoms with Crippen LogP contribution in [0.15, 0.2) is 36.8 Å². The minimum absolute atomic E-state index is 0.0799. The quantitative estimate of drug-likeness (QED) is 0.269. The van der Waals surface area contributed by atoms with Gasteiger partial charge in [-0.15, -0.1) is 0 Å². The van der Waals surface area contributed by atoms with E-state index in [0.717, 1.165) is 6.92 Å². The van der Waals surface area contributed by atoms with Gasteiger partial charge in [-0.3, -0.25) is 9.48 Å². The molecule has 1 amide bonds. The summed E-state index contributed by atoms with van der Waals surface area (Å²) in [6, 6.07) is 4.14. The Morgan fingerprint density at radius 1 is 1.16 bits per heavy atom. The average molecular weight is 574 g/mol. The SMILES string of the molecule is CC(Oc1cc(-c2cnn(C3CCN(C(=O)C(C)C(F)(F)F)CC3)c2)cnc1N)c1c(Cl)ccc(F)c1Cl. The largest absolute Gasteiger partial charge is 0.482 e. The van der Waals surface area contributed by atoms with Crippen molar-refractivity contribution >= 4 is 34.9 Å². The van der Waals surface area contributed by atoms with Gasteiger partial charge in [-0.1, -0.05) is 23.2 Å². The zero-order chi connectivity index (χ0) is 27.8. The number of pyridine rings is 1. The molecule has 3 heterocycles. The molecule has 1 aromatic carbocycles. The third-order valence-corrected chi connectivity index (χ3v) is 7.33. The van der Waals surface area contributed by atoms with Crippen molar-refractivity contribution in [2.75, 3.05) is 18.8 Å². The molecular formula is C25H25Cl2F4N5O2. The van der Waals surface area contributed by atoms with E-state index in [1.54, 1.807) is 36.3 Å². The van der Waals surface area contributed by atoms with Crippen LogP contribution in [0.5, 0.6) is 5.75 Å². The molecule has 13 heteroatoms. The van der Waals surface area contributed by atoms with Gasteiger partial charge in [0.1, 0.15) is 17.8 Å². The number of nitrogen functional groups attached to an aromatic ring is 1. The van der Waals surface area contributed by atoms with Crippen LogP contribution in [0.2, 0.25) is 10.0 Å². The molecule has 3 aromatic rings. The van der Waals surface area contributed by atoms with Crippen LogP contribution < -0.4 is 10.5 Å². The van der Waals surface area contributed by atoms with E-state index in [9.17, 15) is 22.4 Å². The number of nitrogens with two attached hydrogens (primary N) is 1. The highest BCUT2D eigenvalue weighted by atomic mass is 35.5. The fraction of sp³-hybridized carbons (Fsp3) is 0.400. The van der Waals surface area contributed by atoms with E-state index in [-0.39, 0.29) is 46.3 Å². The van der Waals surface area contributed by atoms with Crippen molar-refractivity contribution in [3.63, 3.8) is 0 Å². The highest BCUT2D eigenvalue weighted by molar-refractivity contribution is 6.36.